The summed E-state index contributed by atoms with van der Waals surface area (Å²) in [6, 6.07) is 26.5. The predicted molar refractivity (Wildman–Crippen MR) is 163 cm³/mol. The molecular formula is C32H22BrN3O6. The fraction of sp³-hybridized carbons (Fsp3) is 0.0625. The summed E-state index contributed by atoms with van der Waals surface area (Å²) in [7, 11) is 1.51. The van der Waals surface area contributed by atoms with E-state index in [4.69, 9.17) is 18.9 Å². The zero-order valence-electron chi connectivity index (χ0n) is 22.2. The molecule has 0 bridgehead atoms. The molecule has 0 aliphatic rings. The Labute approximate surface area is 247 Å². The third-order valence-corrected chi connectivity index (χ3v) is 7.12. The maximum atomic E-state index is 13.6. The van der Waals surface area contributed by atoms with E-state index in [1.807, 2.05) is 36.4 Å². The van der Waals surface area contributed by atoms with Gasteiger partial charge in [-0.1, -0.05) is 42.5 Å². The maximum absolute atomic E-state index is 13.6. The standard InChI is InChI=1S/C32H22BrN3O6/c1-40-27-15-20(14-24(33)29(27)41-18-19-7-6-9-22(13-19)32(38)39)17-34-36-30(28-16-21-8-2-5-12-26(21)42-28)35-25-11-4-3-10-23(25)31(36)37/h2-17H,18H2,1H3,(H,38,39). The van der Waals surface area contributed by atoms with E-state index in [0.717, 1.165) is 5.39 Å². The number of hydrogen-bond acceptors (Lipinski definition) is 7. The van der Waals surface area contributed by atoms with E-state index < -0.39 is 5.97 Å². The van der Waals surface area contributed by atoms with E-state index in [1.165, 1.54) is 24.1 Å². The Bertz CT molecular complexity index is 2030. The summed E-state index contributed by atoms with van der Waals surface area (Å²) in [4.78, 5) is 29.6. The first-order valence-electron chi connectivity index (χ1n) is 12.8. The molecule has 208 valence electrons. The van der Waals surface area contributed by atoms with Crippen LogP contribution in [0.5, 0.6) is 11.5 Å². The van der Waals surface area contributed by atoms with Crippen molar-refractivity contribution in [1.82, 2.24) is 9.66 Å². The number of para-hydroxylation sites is 2. The van der Waals surface area contributed by atoms with Crippen LogP contribution in [0.1, 0.15) is 21.5 Å². The lowest BCUT2D eigenvalue weighted by molar-refractivity contribution is 0.0696. The summed E-state index contributed by atoms with van der Waals surface area (Å²) < 4.78 is 19.4. The highest BCUT2D eigenvalue weighted by molar-refractivity contribution is 9.10. The molecule has 2 aromatic heterocycles. The molecule has 0 unspecified atom stereocenters. The highest BCUT2D eigenvalue weighted by Gasteiger charge is 2.17. The number of ether oxygens (including phenoxy) is 2. The zero-order valence-corrected chi connectivity index (χ0v) is 23.7. The van der Waals surface area contributed by atoms with Crippen molar-refractivity contribution in [2.24, 2.45) is 5.10 Å². The smallest absolute Gasteiger partial charge is 0.335 e. The Hall–Kier alpha value is -5.22. The van der Waals surface area contributed by atoms with Crippen LogP contribution in [0.25, 0.3) is 33.5 Å². The Morgan fingerprint density at radius 2 is 1.86 bits per heavy atom. The van der Waals surface area contributed by atoms with Crippen molar-refractivity contribution in [2.75, 3.05) is 7.11 Å². The second-order valence-corrected chi connectivity index (χ2v) is 10.1. The van der Waals surface area contributed by atoms with E-state index in [-0.39, 0.29) is 23.6 Å². The van der Waals surface area contributed by atoms with Crippen molar-refractivity contribution < 1.29 is 23.8 Å². The number of benzene rings is 4. The number of halogens is 1. The monoisotopic (exact) mass is 623 g/mol. The highest BCUT2D eigenvalue weighted by Crippen LogP contribution is 2.37. The molecule has 0 fully saturated rings. The van der Waals surface area contributed by atoms with Gasteiger partial charge >= 0.3 is 5.97 Å². The largest absolute Gasteiger partial charge is 0.493 e. The summed E-state index contributed by atoms with van der Waals surface area (Å²) in [6.45, 7) is 0.128. The van der Waals surface area contributed by atoms with Crippen molar-refractivity contribution in [2.45, 2.75) is 6.61 Å². The van der Waals surface area contributed by atoms with Crippen LogP contribution in [0.15, 0.2) is 110 Å². The molecule has 0 aliphatic heterocycles. The van der Waals surface area contributed by atoms with E-state index >= 15 is 0 Å². The molecule has 0 atom stereocenters. The van der Waals surface area contributed by atoms with Gasteiger partial charge in [-0.25, -0.2) is 9.78 Å². The molecule has 42 heavy (non-hydrogen) atoms. The van der Waals surface area contributed by atoms with E-state index in [9.17, 15) is 14.7 Å². The van der Waals surface area contributed by atoms with Crippen LogP contribution in [-0.2, 0) is 6.61 Å². The van der Waals surface area contributed by atoms with Crippen LogP contribution in [0.3, 0.4) is 0 Å². The number of carbonyl (C=O) groups is 1. The fourth-order valence-electron chi connectivity index (χ4n) is 4.51. The Morgan fingerprint density at radius 3 is 2.67 bits per heavy atom. The lowest BCUT2D eigenvalue weighted by atomic mass is 10.1. The third-order valence-electron chi connectivity index (χ3n) is 6.53. The van der Waals surface area contributed by atoms with Crippen molar-refractivity contribution in [3.05, 3.63) is 123 Å². The van der Waals surface area contributed by atoms with Gasteiger partial charge in [0, 0.05) is 5.39 Å². The van der Waals surface area contributed by atoms with E-state index in [0.29, 0.717) is 49.3 Å². The number of aromatic nitrogens is 2. The van der Waals surface area contributed by atoms with Crippen molar-refractivity contribution >= 4 is 50.0 Å². The van der Waals surface area contributed by atoms with Gasteiger partial charge in [0.2, 0.25) is 5.82 Å². The molecule has 10 heteroatoms. The maximum Gasteiger partial charge on any atom is 0.335 e. The molecule has 2 heterocycles. The summed E-state index contributed by atoms with van der Waals surface area (Å²) in [5, 5.41) is 15.1. The normalized spacial score (nSPS) is 11.4. The highest BCUT2D eigenvalue weighted by atomic mass is 79.9. The summed E-state index contributed by atoms with van der Waals surface area (Å²) in [5.74, 6) is 0.513. The first-order valence-corrected chi connectivity index (χ1v) is 13.6. The summed E-state index contributed by atoms with van der Waals surface area (Å²) in [6.07, 6.45) is 1.53. The number of furan rings is 1. The Balaban J connectivity index is 1.36. The molecular weight excluding hydrogens is 602 g/mol. The van der Waals surface area contributed by atoms with Crippen LogP contribution in [0.2, 0.25) is 0 Å². The Morgan fingerprint density at radius 1 is 1.05 bits per heavy atom. The molecule has 9 nitrogen and oxygen atoms in total. The van der Waals surface area contributed by atoms with E-state index in [2.05, 4.69) is 21.0 Å². The first-order chi connectivity index (χ1) is 20.4. The molecule has 6 rings (SSSR count). The molecule has 0 saturated heterocycles. The van der Waals surface area contributed by atoms with Gasteiger partial charge in [0.15, 0.2) is 17.3 Å². The lowest BCUT2D eigenvalue weighted by Gasteiger charge is -2.14. The van der Waals surface area contributed by atoms with Gasteiger partial charge in [-0.05, 0) is 75.6 Å². The van der Waals surface area contributed by atoms with Crippen LogP contribution in [0, 0.1) is 0 Å². The van der Waals surface area contributed by atoms with Crippen molar-refractivity contribution in [1.29, 1.82) is 0 Å². The van der Waals surface area contributed by atoms with Gasteiger partial charge in [0.05, 0.1) is 34.3 Å². The number of nitrogens with zero attached hydrogens (tertiary/aromatic N) is 3. The van der Waals surface area contributed by atoms with Gasteiger partial charge in [-0.2, -0.15) is 9.78 Å². The number of carboxylic acid groups (broad SMARTS) is 1. The van der Waals surface area contributed by atoms with E-state index in [1.54, 1.807) is 48.5 Å². The topological polar surface area (TPSA) is 116 Å². The molecule has 6 aromatic rings. The Kier molecular flexibility index (Phi) is 7.28. The molecule has 0 amide bonds. The number of carboxylic acids is 1. The summed E-state index contributed by atoms with van der Waals surface area (Å²) >= 11 is 3.54. The number of rotatable bonds is 8. The molecule has 0 saturated carbocycles. The fourth-order valence-corrected chi connectivity index (χ4v) is 5.09. The van der Waals surface area contributed by atoms with Gasteiger partial charge in [0.1, 0.15) is 12.2 Å². The SMILES string of the molecule is COc1cc(C=Nn2c(-c3cc4ccccc4o3)nc3ccccc3c2=O)cc(Br)c1OCc1cccc(C(=O)O)c1. The molecule has 1 N–H and O–H groups in total. The molecule has 0 radical (unpaired) electrons. The second-order valence-electron chi connectivity index (χ2n) is 9.29. The predicted octanol–water partition coefficient (Wildman–Crippen LogP) is 6.74. The van der Waals surface area contributed by atoms with Crippen molar-refractivity contribution in [3.63, 3.8) is 0 Å². The molecule has 0 spiro atoms. The second kappa shape index (κ2) is 11.3. The number of aromatic carboxylic acids is 1. The minimum absolute atomic E-state index is 0.128. The van der Waals surface area contributed by atoms with Crippen LogP contribution < -0.4 is 15.0 Å². The number of fused-ring (bicyclic) bond motifs is 2. The van der Waals surface area contributed by atoms with Gasteiger partial charge in [-0.3, -0.25) is 4.79 Å². The molecule has 4 aromatic carbocycles. The number of hydrogen-bond donors (Lipinski definition) is 1. The quantitative estimate of drug-likeness (QED) is 0.187. The third kappa shape index (κ3) is 5.27. The van der Waals surface area contributed by atoms with Gasteiger partial charge in [0.25, 0.3) is 5.56 Å². The number of methoxy groups -OCH3 is 1. The van der Waals surface area contributed by atoms with Crippen molar-refractivity contribution in [3.8, 4) is 23.1 Å². The zero-order chi connectivity index (χ0) is 29.2. The minimum atomic E-state index is -1.01. The lowest BCUT2D eigenvalue weighted by Crippen LogP contribution is -2.20. The average Bonchev–Trinajstić information content (AvgIpc) is 3.44. The molecule has 0 aliphatic carbocycles. The minimum Gasteiger partial charge on any atom is -0.493 e. The average molecular weight is 624 g/mol. The van der Waals surface area contributed by atoms with Crippen LogP contribution in [-0.4, -0.2) is 34.1 Å². The van der Waals surface area contributed by atoms with Gasteiger partial charge in [-0.15, -0.1) is 0 Å². The van der Waals surface area contributed by atoms with Crippen LogP contribution >= 0.6 is 15.9 Å². The van der Waals surface area contributed by atoms with Gasteiger partial charge < -0.3 is 19.0 Å². The summed E-state index contributed by atoms with van der Waals surface area (Å²) in [5.41, 5.74) is 2.34. The van der Waals surface area contributed by atoms with Crippen LogP contribution in [0.4, 0.5) is 0 Å². The first kappa shape index (κ1) is 27.0.